The Morgan fingerprint density at radius 2 is 2.20 bits per heavy atom. The number of likely N-dealkylation sites (N-methyl/N-ethyl adjacent to an activating group) is 1. The van der Waals surface area contributed by atoms with Gasteiger partial charge >= 0.3 is 0 Å². The summed E-state index contributed by atoms with van der Waals surface area (Å²) in [5, 5.41) is 11.0. The molecule has 2 heterocycles. The zero-order valence-electron chi connectivity index (χ0n) is 11.5. The van der Waals surface area contributed by atoms with Gasteiger partial charge in [-0.2, -0.15) is 16.4 Å². The Morgan fingerprint density at radius 1 is 1.40 bits per heavy atom. The van der Waals surface area contributed by atoms with Gasteiger partial charge in [-0.1, -0.05) is 0 Å². The minimum atomic E-state index is -3.51. The topological polar surface area (TPSA) is 76.0 Å². The van der Waals surface area contributed by atoms with Gasteiger partial charge in [0.05, 0.1) is 12.7 Å². The van der Waals surface area contributed by atoms with Crippen molar-refractivity contribution in [3.8, 4) is 0 Å². The standard InChI is InChI=1S/C12H18N4O2S2/c1-10-8-19-9-11(10)5-15-20(17,18)12-6-14-16(7-12)4-3-13-2/h6-9,13,15H,3-5H2,1-2H3. The molecule has 110 valence electrons. The van der Waals surface area contributed by atoms with Gasteiger partial charge in [0.1, 0.15) is 4.90 Å². The number of hydrogen-bond acceptors (Lipinski definition) is 5. The molecule has 0 aliphatic carbocycles. The van der Waals surface area contributed by atoms with Gasteiger partial charge in [-0.3, -0.25) is 4.68 Å². The summed E-state index contributed by atoms with van der Waals surface area (Å²) in [6.07, 6.45) is 2.92. The Labute approximate surface area is 122 Å². The fraction of sp³-hybridized carbons (Fsp3) is 0.417. The molecule has 0 spiro atoms. The van der Waals surface area contributed by atoms with E-state index in [1.54, 1.807) is 22.2 Å². The van der Waals surface area contributed by atoms with Crippen LogP contribution in [0.25, 0.3) is 0 Å². The molecule has 0 aliphatic heterocycles. The van der Waals surface area contributed by atoms with Crippen LogP contribution in [0.5, 0.6) is 0 Å². The van der Waals surface area contributed by atoms with E-state index in [1.807, 2.05) is 24.7 Å². The Hall–Kier alpha value is -1.22. The van der Waals surface area contributed by atoms with Crippen molar-refractivity contribution in [2.24, 2.45) is 0 Å². The van der Waals surface area contributed by atoms with E-state index in [4.69, 9.17) is 0 Å². The quantitative estimate of drug-likeness (QED) is 0.798. The van der Waals surface area contributed by atoms with Crippen molar-refractivity contribution in [1.82, 2.24) is 19.8 Å². The van der Waals surface area contributed by atoms with E-state index in [2.05, 4.69) is 15.1 Å². The van der Waals surface area contributed by atoms with Gasteiger partial charge in [-0.25, -0.2) is 13.1 Å². The van der Waals surface area contributed by atoms with Crippen molar-refractivity contribution in [2.75, 3.05) is 13.6 Å². The van der Waals surface area contributed by atoms with Crippen LogP contribution in [0.15, 0.2) is 28.0 Å². The summed E-state index contributed by atoms with van der Waals surface area (Å²) in [6.45, 7) is 3.65. The molecule has 0 saturated carbocycles. The molecule has 0 bridgehead atoms. The van der Waals surface area contributed by atoms with Crippen molar-refractivity contribution < 1.29 is 8.42 Å². The fourth-order valence-electron chi connectivity index (χ4n) is 1.66. The van der Waals surface area contributed by atoms with E-state index >= 15 is 0 Å². The van der Waals surface area contributed by atoms with Crippen LogP contribution in [0.1, 0.15) is 11.1 Å². The van der Waals surface area contributed by atoms with Gasteiger partial charge in [-0.05, 0) is 35.9 Å². The van der Waals surface area contributed by atoms with Crippen LogP contribution >= 0.6 is 11.3 Å². The predicted molar refractivity (Wildman–Crippen MR) is 79.2 cm³/mol. The van der Waals surface area contributed by atoms with E-state index in [-0.39, 0.29) is 4.90 Å². The van der Waals surface area contributed by atoms with Gasteiger partial charge in [0, 0.05) is 19.3 Å². The second-order valence-corrected chi connectivity index (χ2v) is 6.96. The van der Waals surface area contributed by atoms with Crippen molar-refractivity contribution in [1.29, 1.82) is 0 Å². The summed E-state index contributed by atoms with van der Waals surface area (Å²) in [6, 6.07) is 0. The first kappa shape index (κ1) is 15.2. The minimum absolute atomic E-state index is 0.196. The van der Waals surface area contributed by atoms with Crippen LogP contribution in [0.4, 0.5) is 0 Å². The summed E-state index contributed by atoms with van der Waals surface area (Å²) in [4.78, 5) is 0.196. The molecule has 0 atom stereocenters. The average molecular weight is 314 g/mol. The van der Waals surface area contributed by atoms with Crippen LogP contribution < -0.4 is 10.0 Å². The van der Waals surface area contributed by atoms with E-state index in [1.165, 1.54) is 6.20 Å². The van der Waals surface area contributed by atoms with E-state index in [9.17, 15) is 8.42 Å². The first-order chi connectivity index (χ1) is 9.53. The van der Waals surface area contributed by atoms with Gasteiger partial charge in [0.25, 0.3) is 0 Å². The summed E-state index contributed by atoms with van der Waals surface area (Å²) in [5.74, 6) is 0. The van der Waals surface area contributed by atoms with Gasteiger partial charge in [-0.15, -0.1) is 0 Å². The number of rotatable bonds is 7. The Balaban J connectivity index is 2.03. The normalized spacial score (nSPS) is 11.9. The number of hydrogen-bond donors (Lipinski definition) is 2. The largest absolute Gasteiger partial charge is 0.318 e. The predicted octanol–water partition coefficient (Wildman–Crippen LogP) is 0.951. The second kappa shape index (κ2) is 6.49. The second-order valence-electron chi connectivity index (χ2n) is 4.45. The smallest absolute Gasteiger partial charge is 0.243 e. The van der Waals surface area contributed by atoms with Crippen LogP contribution in [0.3, 0.4) is 0 Å². The highest BCUT2D eigenvalue weighted by Crippen LogP contribution is 2.14. The molecule has 8 heteroatoms. The zero-order valence-corrected chi connectivity index (χ0v) is 13.1. The molecule has 0 amide bonds. The maximum Gasteiger partial charge on any atom is 0.243 e. The van der Waals surface area contributed by atoms with Crippen LogP contribution in [-0.2, 0) is 23.1 Å². The maximum atomic E-state index is 12.1. The van der Waals surface area contributed by atoms with Crippen molar-refractivity contribution in [3.05, 3.63) is 34.3 Å². The van der Waals surface area contributed by atoms with Crippen molar-refractivity contribution >= 4 is 21.4 Å². The molecule has 2 aromatic heterocycles. The third-order valence-electron chi connectivity index (χ3n) is 2.93. The Kier molecular flexibility index (Phi) is 4.92. The summed E-state index contributed by atoms with van der Waals surface area (Å²) in [7, 11) is -1.67. The first-order valence-electron chi connectivity index (χ1n) is 6.21. The van der Waals surface area contributed by atoms with Crippen molar-refractivity contribution in [3.63, 3.8) is 0 Å². The number of aromatic nitrogens is 2. The Morgan fingerprint density at radius 3 is 2.85 bits per heavy atom. The summed E-state index contributed by atoms with van der Waals surface area (Å²) < 4.78 is 28.5. The highest BCUT2D eigenvalue weighted by atomic mass is 32.2. The van der Waals surface area contributed by atoms with E-state index in [0.717, 1.165) is 17.7 Å². The first-order valence-corrected chi connectivity index (χ1v) is 8.64. The molecule has 0 aliphatic rings. The molecule has 0 saturated heterocycles. The molecular weight excluding hydrogens is 296 g/mol. The monoisotopic (exact) mass is 314 g/mol. The Bertz CT molecular complexity index is 661. The van der Waals surface area contributed by atoms with Crippen molar-refractivity contribution in [2.45, 2.75) is 24.9 Å². The lowest BCUT2D eigenvalue weighted by Gasteiger charge is -2.04. The van der Waals surface area contributed by atoms with Crippen LogP contribution in [0, 0.1) is 6.92 Å². The van der Waals surface area contributed by atoms with Gasteiger partial charge < -0.3 is 5.32 Å². The fourth-order valence-corrected chi connectivity index (χ4v) is 3.47. The number of nitrogens with one attached hydrogen (secondary N) is 2. The van der Waals surface area contributed by atoms with E-state index in [0.29, 0.717) is 13.1 Å². The molecule has 20 heavy (non-hydrogen) atoms. The van der Waals surface area contributed by atoms with Gasteiger partial charge in [0.2, 0.25) is 10.0 Å². The molecule has 0 fully saturated rings. The average Bonchev–Trinajstić information content (AvgIpc) is 3.03. The number of aryl methyl sites for hydroxylation is 1. The minimum Gasteiger partial charge on any atom is -0.318 e. The molecule has 0 unspecified atom stereocenters. The zero-order chi connectivity index (χ0) is 14.6. The number of sulfonamides is 1. The molecule has 2 aromatic rings. The molecule has 2 rings (SSSR count). The third kappa shape index (κ3) is 3.66. The summed E-state index contributed by atoms with van der Waals surface area (Å²) >= 11 is 1.57. The van der Waals surface area contributed by atoms with Crippen LogP contribution in [-0.4, -0.2) is 31.8 Å². The lowest BCUT2D eigenvalue weighted by Crippen LogP contribution is -2.23. The highest BCUT2D eigenvalue weighted by molar-refractivity contribution is 7.89. The molecule has 6 nitrogen and oxygen atoms in total. The van der Waals surface area contributed by atoms with Crippen LogP contribution in [0.2, 0.25) is 0 Å². The lowest BCUT2D eigenvalue weighted by molar-refractivity contribution is 0.576. The molecule has 0 radical (unpaired) electrons. The maximum absolute atomic E-state index is 12.1. The highest BCUT2D eigenvalue weighted by Gasteiger charge is 2.16. The molecular formula is C12H18N4O2S2. The number of thiophene rings is 1. The molecule has 0 aromatic carbocycles. The molecule has 2 N–H and O–H groups in total. The summed E-state index contributed by atoms with van der Waals surface area (Å²) in [5.41, 5.74) is 2.10. The van der Waals surface area contributed by atoms with E-state index < -0.39 is 10.0 Å². The van der Waals surface area contributed by atoms with Gasteiger partial charge in [0.15, 0.2) is 0 Å². The third-order valence-corrected chi connectivity index (χ3v) is 5.19. The lowest BCUT2D eigenvalue weighted by atomic mass is 10.2. The number of nitrogens with zero attached hydrogens (tertiary/aromatic N) is 2. The SMILES string of the molecule is CNCCn1cc(S(=O)(=O)NCc2cscc2C)cn1.